The van der Waals surface area contributed by atoms with E-state index < -0.39 is 0 Å². The normalized spacial score (nSPS) is 12.4. The number of ether oxygens (including phenoxy) is 1. The van der Waals surface area contributed by atoms with Crippen LogP contribution >= 0.6 is 0 Å². The Kier molecular flexibility index (Phi) is 4.70. The van der Waals surface area contributed by atoms with Crippen LogP contribution in [0.2, 0.25) is 0 Å². The minimum absolute atomic E-state index is 0.202. The number of nitrogens with one attached hydrogen (secondary N) is 1. The largest absolute Gasteiger partial charge is 0.496 e. The van der Waals surface area contributed by atoms with Gasteiger partial charge in [0, 0.05) is 12.1 Å². The van der Waals surface area contributed by atoms with E-state index in [0.29, 0.717) is 0 Å². The quantitative estimate of drug-likeness (QED) is 0.618. The van der Waals surface area contributed by atoms with Crippen LogP contribution in [-0.4, -0.2) is 22.1 Å². The molecule has 1 unspecified atom stereocenters. The van der Waals surface area contributed by atoms with Crippen LogP contribution < -0.4 is 16.0 Å². The van der Waals surface area contributed by atoms with E-state index in [2.05, 4.69) is 22.7 Å². The fraction of sp³-hybridized carbons (Fsp3) is 0.429. The molecular weight excluding hydrogens is 254 g/mol. The van der Waals surface area contributed by atoms with Crippen molar-refractivity contribution in [1.82, 2.24) is 20.4 Å². The lowest BCUT2D eigenvalue weighted by Crippen LogP contribution is -2.31. The van der Waals surface area contributed by atoms with Gasteiger partial charge in [0.15, 0.2) is 0 Å². The summed E-state index contributed by atoms with van der Waals surface area (Å²) in [6, 6.07) is 5.85. The number of benzene rings is 1. The molecule has 1 heterocycles. The van der Waals surface area contributed by atoms with E-state index in [1.54, 1.807) is 13.3 Å². The van der Waals surface area contributed by atoms with Crippen molar-refractivity contribution in [2.45, 2.75) is 32.9 Å². The molecule has 0 amide bonds. The Morgan fingerprint density at radius 1 is 1.45 bits per heavy atom. The number of aromatic nitrogens is 3. The van der Waals surface area contributed by atoms with Gasteiger partial charge < -0.3 is 4.74 Å². The molecule has 0 aliphatic heterocycles. The number of aryl methyl sites for hydroxylation is 2. The second kappa shape index (κ2) is 6.49. The average molecular weight is 275 g/mol. The van der Waals surface area contributed by atoms with Gasteiger partial charge in [0.05, 0.1) is 25.0 Å². The van der Waals surface area contributed by atoms with Gasteiger partial charge >= 0.3 is 0 Å². The summed E-state index contributed by atoms with van der Waals surface area (Å²) >= 11 is 0. The van der Waals surface area contributed by atoms with Gasteiger partial charge in [-0.1, -0.05) is 24.3 Å². The molecule has 6 heteroatoms. The molecule has 1 aromatic heterocycles. The minimum Gasteiger partial charge on any atom is -0.496 e. The van der Waals surface area contributed by atoms with Gasteiger partial charge in [-0.15, -0.1) is 5.10 Å². The van der Waals surface area contributed by atoms with Crippen LogP contribution in [0.25, 0.3) is 0 Å². The van der Waals surface area contributed by atoms with Crippen LogP contribution in [0.1, 0.15) is 36.2 Å². The average Bonchev–Trinajstić information content (AvgIpc) is 2.90. The van der Waals surface area contributed by atoms with Gasteiger partial charge in [0.2, 0.25) is 0 Å². The zero-order valence-electron chi connectivity index (χ0n) is 12.1. The summed E-state index contributed by atoms with van der Waals surface area (Å²) in [5, 5.41) is 8.09. The second-order valence-electron chi connectivity index (χ2n) is 4.73. The number of hydrogen-bond acceptors (Lipinski definition) is 5. The zero-order chi connectivity index (χ0) is 14.5. The first-order valence-electron chi connectivity index (χ1n) is 6.70. The van der Waals surface area contributed by atoms with Crippen molar-refractivity contribution in [3.63, 3.8) is 0 Å². The van der Waals surface area contributed by atoms with Crippen molar-refractivity contribution in [3.05, 3.63) is 41.2 Å². The van der Waals surface area contributed by atoms with Crippen LogP contribution in [0, 0.1) is 6.92 Å². The highest BCUT2D eigenvalue weighted by Gasteiger charge is 2.21. The third-order valence-corrected chi connectivity index (χ3v) is 3.25. The predicted octanol–water partition coefficient (Wildman–Crippen LogP) is 1.56. The lowest BCUT2D eigenvalue weighted by atomic mass is 10.0. The summed E-state index contributed by atoms with van der Waals surface area (Å²) in [7, 11) is 1.66. The Bertz CT molecular complexity index is 566. The van der Waals surface area contributed by atoms with Gasteiger partial charge in [-0.2, -0.15) is 0 Å². The third-order valence-electron chi connectivity index (χ3n) is 3.25. The van der Waals surface area contributed by atoms with E-state index in [1.165, 1.54) is 0 Å². The standard InChI is InChI=1S/C14H21N5O/c1-4-7-19-12(9-16-18-19)14(17-15)11-6-5-10(2)8-13(11)20-3/h5-6,8-9,14,17H,4,7,15H2,1-3H3. The van der Waals surface area contributed by atoms with Crippen molar-refractivity contribution in [2.75, 3.05) is 7.11 Å². The molecule has 0 aliphatic rings. The monoisotopic (exact) mass is 275 g/mol. The molecular formula is C14H21N5O. The van der Waals surface area contributed by atoms with E-state index >= 15 is 0 Å². The summed E-state index contributed by atoms with van der Waals surface area (Å²) in [5.74, 6) is 6.55. The Labute approximate surface area is 118 Å². The van der Waals surface area contributed by atoms with Crippen LogP contribution in [0.15, 0.2) is 24.4 Å². The highest BCUT2D eigenvalue weighted by atomic mass is 16.5. The van der Waals surface area contributed by atoms with Crippen molar-refractivity contribution in [3.8, 4) is 5.75 Å². The number of rotatable bonds is 6. The molecule has 108 valence electrons. The number of methoxy groups -OCH3 is 1. The van der Waals surface area contributed by atoms with Crippen LogP contribution in [0.4, 0.5) is 0 Å². The van der Waals surface area contributed by atoms with Gasteiger partial charge in [0.1, 0.15) is 5.75 Å². The fourth-order valence-electron chi connectivity index (χ4n) is 2.27. The molecule has 0 aliphatic carbocycles. The summed E-state index contributed by atoms with van der Waals surface area (Å²) in [4.78, 5) is 0. The number of hydrazine groups is 1. The molecule has 0 radical (unpaired) electrons. The molecule has 0 spiro atoms. The minimum atomic E-state index is -0.202. The molecule has 0 fully saturated rings. The van der Waals surface area contributed by atoms with Crippen LogP contribution in [0.3, 0.4) is 0 Å². The van der Waals surface area contributed by atoms with Crippen molar-refractivity contribution >= 4 is 0 Å². The molecule has 3 N–H and O–H groups in total. The molecule has 1 atom stereocenters. The number of nitrogens with zero attached hydrogens (tertiary/aromatic N) is 3. The zero-order valence-corrected chi connectivity index (χ0v) is 12.1. The van der Waals surface area contributed by atoms with E-state index in [9.17, 15) is 0 Å². The number of nitrogens with two attached hydrogens (primary N) is 1. The Balaban J connectivity index is 2.44. The van der Waals surface area contributed by atoms with Crippen LogP contribution in [-0.2, 0) is 6.54 Å². The van der Waals surface area contributed by atoms with Crippen molar-refractivity contribution in [2.24, 2.45) is 5.84 Å². The van der Waals surface area contributed by atoms with Gasteiger partial charge in [-0.05, 0) is 25.0 Å². The Morgan fingerprint density at radius 2 is 2.25 bits per heavy atom. The van der Waals surface area contributed by atoms with Crippen molar-refractivity contribution < 1.29 is 4.74 Å². The van der Waals surface area contributed by atoms with Crippen molar-refractivity contribution in [1.29, 1.82) is 0 Å². The second-order valence-corrected chi connectivity index (χ2v) is 4.73. The molecule has 0 bridgehead atoms. The first kappa shape index (κ1) is 14.5. The summed E-state index contributed by atoms with van der Waals surface area (Å²) in [6.45, 7) is 4.94. The third kappa shape index (κ3) is 2.81. The highest BCUT2D eigenvalue weighted by molar-refractivity contribution is 5.42. The van der Waals surface area contributed by atoms with Crippen LogP contribution in [0.5, 0.6) is 5.75 Å². The molecule has 2 rings (SSSR count). The Morgan fingerprint density at radius 3 is 2.90 bits per heavy atom. The first-order chi connectivity index (χ1) is 9.71. The Hall–Kier alpha value is -1.92. The maximum Gasteiger partial charge on any atom is 0.124 e. The summed E-state index contributed by atoms with van der Waals surface area (Å²) < 4.78 is 7.33. The first-order valence-corrected chi connectivity index (χ1v) is 6.70. The maximum absolute atomic E-state index is 5.75. The molecule has 6 nitrogen and oxygen atoms in total. The topological polar surface area (TPSA) is 78.0 Å². The van der Waals surface area contributed by atoms with E-state index in [4.69, 9.17) is 10.6 Å². The highest BCUT2D eigenvalue weighted by Crippen LogP contribution is 2.30. The molecule has 2 aromatic rings. The van der Waals surface area contributed by atoms with Gasteiger partial charge in [0.25, 0.3) is 0 Å². The SMILES string of the molecule is CCCn1nncc1C(NN)c1ccc(C)cc1OC. The molecule has 0 saturated heterocycles. The summed E-state index contributed by atoms with van der Waals surface area (Å²) in [5.41, 5.74) is 5.87. The van der Waals surface area contributed by atoms with Gasteiger partial charge in [-0.25, -0.2) is 10.1 Å². The fourth-order valence-corrected chi connectivity index (χ4v) is 2.27. The maximum atomic E-state index is 5.75. The predicted molar refractivity (Wildman–Crippen MR) is 77.2 cm³/mol. The molecule has 20 heavy (non-hydrogen) atoms. The summed E-state index contributed by atoms with van der Waals surface area (Å²) in [6.07, 6.45) is 2.72. The molecule has 0 saturated carbocycles. The lowest BCUT2D eigenvalue weighted by Gasteiger charge is -2.20. The lowest BCUT2D eigenvalue weighted by molar-refractivity contribution is 0.401. The smallest absolute Gasteiger partial charge is 0.124 e. The van der Waals surface area contributed by atoms with Gasteiger partial charge in [-0.3, -0.25) is 5.84 Å². The molecule has 1 aromatic carbocycles. The van der Waals surface area contributed by atoms with E-state index in [0.717, 1.165) is 35.5 Å². The van der Waals surface area contributed by atoms with E-state index in [1.807, 2.05) is 29.8 Å². The van der Waals surface area contributed by atoms with E-state index in [-0.39, 0.29) is 6.04 Å². The number of hydrogen-bond donors (Lipinski definition) is 2.